The van der Waals surface area contributed by atoms with Crippen molar-refractivity contribution in [2.45, 2.75) is 127 Å². The molecular weight excluding hydrogens is 678 g/mol. The number of ether oxygens (including phenoxy) is 1. The van der Waals surface area contributed by atoms with Crippen LogP contribution in [0.2, 0.25) is 0 Å². The van der Waals surface area contributed by atoms with E-state index in [4.69, 9.17) is 4.74 Å². The van der Waals surface area contributed by atoms with Gasteiger partial charge in [-0.3, -0.25) is 9.69 Å². The molecule has 0 spiro atoms. The summed E-state index contributed by atoms with van der Waals surface area (Å²) in [7, 11) is 0. The quantitative estimate of drug-likeness (QED) is 0.192. The normalized spacial score (nSPS) is 28.9. The highest BCUT2D eigenvalue weighted by Crippen LogP contribution is 2.51. The summed E-state index contributed by atoms with van der Waals surface area (Å²) in [5.74, 6) is -7.28. The van der Waals surface area contributed by atoms with E-state index in [1.165, 1.54) is 0 Å². The van der Waals surface area contributed by atoms with Crippen LogP contribution in [0.4, 0.5) is 17.6 Å². The van der Waals surface area contributed by atoms with E-state index in [9.17, 15) is 23.5 Å². The molecule has 1 aromatic carbocycles. The van der Waals surface area contributed by atoms with Gasteiger partial charge >= 0.3 is 5.97 Å². The molecule has 1 saturated heterocycles. The molecule has 3 aromatic rings. The molecule has 2 N–H and O–H groups in total. The Kier molecular flexibility index (Phi) is 9.57. The number of carbonyl (C=O) groups is 2. The molecule has 3 aliphatic carbocycles. The number of aromatic nitrogens is 3. The van der Waals surface area contributed by atoms with E-state index in [0.29, 0.717) is 37.0 Å². The molecule has 4 atom stereocenters. The Morgan fingerprint density at radius 1 is 1.10 bits per heavy atom. The van der Waals surface area contributed by atoms with Crippen LogP contribution < -0.4 is 10.1 Å². The lowest BCUT2D eigenvalue weighted by Crippen LogP contribution is -2.60. The zero-order chi connectivity index (χ0) is 37.2. The van der Waals surface area contributed by atoms with Gasteiger partial charge in [0.1, 0.15) is 17.0 Å². The lowest BCUT2D eigenvalue weighted by molar-refractivity contribution is -0.151. The van der Waals surface area contributed by atoms with Crippen LogP contribution >= 0.6 is 0 Å². The van der Waals surface area contributed by atoms with E-state index in [2.05, 4.69) is 40.6 Å². The Morgan fingerprint density at radius 3 is 2.44 bits per heavy atom. The van der Waals surface area contributed by atoms with E-state index in [0.717, 1.165) is 62.0 Å². The molecule has 9 nitrogen and oxygen atoms in total. The summed E-state index contributed by atoms with van der Waals surface area (Å²) in [6, 6.07) is 5.90. The average molecular weight is 728 g/mol. The topological polar surface area (TPSA) is 110 Å². The average Bonchev–Trinajstić information content (AvgIpc) is 3.58. The third kappa shape index (κ3) is 6.78. The SMILES string of the molecule is CCC(CC)n1cc(-c2ncc(C(=O)NC3(C(=O)O)CC4CC(C)CC3C4)c(C(C)(F)F)n2)c2ccc(O[C@H]3CC[C@H](N4CC(F)(F)C4)CC3)cc21. The maximum atomic E-state index is 15.3. The van der Waals surface area contributed by atoms with Crippen molar-refractivity contribution in [1.29, 1.82) is 0 Å². The Labute approximate surface area is 301 Å². The Bertz CT molecular complexity index is 1820. The van der Waals surface area contributed by atoms with Gasteiger partial charge in [-0.15, -0.1) is 0 Å². The molecular formula is C39H49F4N5O4. The van der Waals surface area contributed by atoms with Gasteiger partial charge in [-0.2, -0.15) is 8.78 Å². The van der Waals surface area contributed by atoms with Gasteiger partial charge in [0.25, 0.3) is 17.8 Å². The summed E-state index contributed by atoms with van der Waals surface area (Å²) in [4.78, 5) is 37.0. The number of likely N-dealkylation sites (tertiary alicyclic amines) is 1. The number of carboxylic acid groups (broad SMARTS) is 1. The fourth-order valence-corrected chi connectivity index (χ4v) is 9.68. The van der Waals surface area contributed by atoms with Crippen molar-refractivity contribution < 1.29 is 37.0 Å². The number of amides is 1. The van der Waals surface area contributed by atoms with Crippen LogP contribution in [0.3, 0.4) is 0 Å². The van der Waals surface area contributed by atoms with Crippen molar-refractivity contribution in [3.8, 4) is 17.1 Å². The maximum absolute atomic E-state index is 15.3. The van der Waals surface area contributed by atoms with E-state index in [-0.39, 0.29) is 55.4 Å². The standard InChI is InChI=1S/C39H49F4N5O4/c1-5-25(6-2)48-19-31(29-12-11-28(16-32(29)48)52-27-9-7-26(8-10-27)47-20-38(42,43)21-47)34-44-18-30(33(45-34)37(4,40)41)35(49)46-39(36(50)51)17-23-13-22(3)14-24(39)15-23/h11-12,16,18-19,22-27H,5-10,13-15,17,20-21H2,1-4H3,(H,46,49)(H,50,51)/t22?,23?,24?,26-,27-,39?. The zero-order valence-corrected chi connectivity index (χ0v) is 30.3. The van der Waals surface area contributed by atoms with Gasteiger partial charge in [-0.1, -0.05) is 20.8 Å². The Morgan fingerprint density at radius 2 is 1.81 bits per heavy atom. The summed E-state index contributed by atoms with van der Waals surface area (Å²) in [5, 5.41) is 13.8. The predicted molar refractivity (Wildman–Crippen MR) is 188 cm³/mol. The smallest absolute Gasteiger partial charge is 0.329 e. The van der Waals surface area contributed by atoms with Crippen LogP contribution in [0.25, 0.3) is 22.3 Å². The van der Waals surface area contributed by atoms with Gasteiger partial charge in [-0.05, 0) is 94.1 Å². The fourth-order valence-electron chi connectivity index (χ4n) is 9.68. The number of hydrogen-bond acceptors (Lipinski definition) is 6. The summed E-state index contributed by atoms with van der Waals surface area (Å²) < 4.78 is 66.0. The second kappa shape index (κ2) is 13.6. The number of nitrogens with one attached hydrogen (secondary N) is 1. The second-order valence-electron chi connectivity index (χ2n) is 16.1. The first kappa shape index (κ1) is 36.6. The number of carbonyl (C=O) groups excluding carboxylic acids is 1. The van der Waals surface area contributed by atoms with Crippen LogP contribution in [-0.2, 0) is 10.7 Å². The highest BCUT2D eigenvalue weighted by molar-refractivity contribution is 6.00. The van der Waals surface area contributed by atoms with Crippen LogP contribution in [-0.4, -0.2) is 73.1 Å². The molecule has 3 saturated carbocycles. The van der Waals surface area contributed by atoms with Crippen molar-refractivity contribution in [1.82, 2.24) is 24.8 Å². The highest BCUT2D eigenvalue weighted by atomic mass is 19.3. The number of nitrogens with zero attached hydrogens (tertiary/aromatic N) is 4. The molecule has 4 fully saturated rings. The molecule has 4 aliphatic rings. The number of benzene rings is 1. The van der Waals surface area contributed by atoms with Crippen molar-refractivity contribution in [3.05, 3.63) is 41.9 Å². The first-order chi connectivity index (χ1) is 24.6. The number of alkyl halides is 4. The summed E-state index contributed by atoms with van der Waals surface area (Å²) in [5.41, 5.74) is -1.37. The molecule has 1 aliphatic heterocycles. The third-order valence-electron chi connectivity index (χ3n) is 12.2. The number of aliphatic carboxylic acids is 1. The molecule has 282 valence electrons. The lowest BCUT2D eigenvalue weighted by Gasteiger charge is -2.46. The molecule has 2 bridgehead atoms. The van der Waals surface area contributed by atoms with Gasteiger partial charge in [0, 0.05) is 48.4 Å². The van der Waals surface area contributed by atoms with Gasteiger partial charge < -0.3 is 19.7 Å². The number of carboxylic acids is 1. The first-order valence-corrected chi connectivity index (χ1v) is 18.9. The van der Waals surface area contributed by atoms with E-state index >= 15 is 8.78 Å². The van der Waals surface area contributed by atoms with Crippen LogP contribution in [0.5, 0.6) is 5.75 Å². The highest BCUT2D eigenvalue weighted by Gasteiger charge is 2.56. The molecule has 52 heavy (non-hydrogen) atoms. The monoisotopic (exact) mass is 727 g/mol. The molecule has 3 heterocycles. The minimum absolute atomic E-state index is 0.0323. The molecule has 1 amide bonds. The maximum Gasteiger partial charge on any atom is 0.329 e. The van der Waals surface area contributed by atoms with Gasteiger partial charge in [-0.25, -0.2) is 23.5 Å². The summed E-state index contributed by atoms with van der Waals surface area (Å²) in [6.45, 7) is 6.57. The molecule has 7 rings (SSSR count). The third-order valence-corrected chi connectivity index (χ3v) is 12.2. The van der Waals surface area contributed by atoms with Crippen LogP contribution in [0.1, 0.15) is 114 Å². The van der Waals surface area contributed by atoms with Crippen LogP contribution in [0.15, 0.2) is 30.6 Å². The fraction of sp³-hybridized carbons (Fsp3) is 0.641. The van der Waals surface area contributed by atoms with Gasteiger partial charge in [0.15, 0.2) is 5.82 Å². The summed E-state index contributed by atoms with van der Waals surface area (Å²) in [6.07, 6.45) is 10.1. The zero-order valence-electron chi connectivity index (χ0n) is 30.3. The number of halogens is 4. The predicted octanol–water partition coefficient (Wildman–Crippen LogP) is 8.22. The van der Waals surface area contributed by atoms with E-state index in [1.54, 1.807) is 0 Å². The molecule has 2 aromatic heterocycles. The van der Waals surface area contributed by atoms with E-state index < -0.39 is 40.5 Å². The van der Waals surface area contributed by atoms with Crippen molar-refractivity contribution >= 4 is 22.8 Å². The largest absolute Gasteiger partial charge is 0.490 e. The van der Waals surface area contributed by atoms with Gasteiger partial charge in [0.05, 0.1) is 30.3 Å². The Balaban J connectivity index is 1.17. The number of fused-ring (bicyclic) bond motifs is 3. The number of rotatable bonds is 11. The van der Waals surface area contributed by atoms with Crippen molar-refractivity contribution in [2.75, 3.05) is 13.1 Å². The molecule has 4 unspecified atom stereocenters. The number of hydrogen-bond donors (Lipinski definition) is 2. The minimum atomic E-state index is -3.52. The lowest BCUT2D eigenvalue weighted by atomic mass is 9.78. The van der Waals surface area contributed by atoms with Crippen molar-refractivity contribution in [2.24, 2.45) is 17.8 Å². The summed E-state index contributed by atoms with van der Waals surface area (Å²) >= 11 is 0. The molecule has 0 radical (unpaired) electrons. The van der Waals surface area contributed by atoms with E-state index in [1.807, 2.05) is 29.3 Å². The van der Waals surface area contributed by atoms with Crippen LogP contribution in [0, 0.1) is 17.8 Å². The first-order valence-electron chi connectivity index (χ1n) is 18.9. The Hall–Kier alpha value is -3.74. The molecule has 13 heteroatoms. The van der Waals surface area contributed by atoms with Gasteiger partial charge in [0.2, 0.25) is 0 Å². The minimum Gasteiger partial charge on any atom is -0.490 e. The van der Waals surface area contributed by atoms with Crippen molar-refractivity contribution in [3.63, 3.8) is 0 Å². The second-order valence-corrected chi connectivity index (χ2v) is 16.1.